The predicted octanol–water partition coefficient (Wildman–Crippen LogP) is 4.06. The standard InChI is InChI=1S/C20H22N4O2/c1-3-14-7-5-8-15(4-2)19(14)24-20(25)17-12-23-18(13-21-17)22-11-16-9-6-10-26-16/h5-10,12-13H,3-4,11H2,1-2H3,(H,22,23)(H,24,25). The topological polar surface area (TPSA) is 80.0 Å². The molecule has 1 amide bonds. The lowest BCUT2D eigenvalue weighted by Crippen LogP contribution is -2.17. The fourth-order valence-electron chi connectivity index (χ4n) is 2.71. The highest BCUT2D eigenvalue weighted by atomic mass is 16.3. The van der Waals surface area contributed by atoms with Gasteiger partial charge in [-0.1, -0.05) is 32.0 Å². The average molecular weight is 350 g/mol. The number of para-hydroxylation sites is 1. The Labute approximate surface area is 152 Å². The van der Waals surface area contributed by atoms with Crippen LogP contribution in [0, 0.1) is 0 Å². The van der Waals surface area contributed by atoms with E-state index in [2.05, 4.69) is 34.4 Å². The molecule has 2 N–H and O–H groups in total. The highest BCUT2D eigenvalue weighted by Gasteiger charge is 2.13. The molecule has 0 aliphatic heterocycles. The van der Waals surface area contributed by atoms with Crippen LogP contribution in [0.4, 0.5) is 11.5 Å². The van der Waals surface area contributed by atoms with Gasteiger partial charge in [-0.05, 0) is 36.1 Å². The van der Waals surface area contributed by atoms with Crippen LogP contribution in [0.2, 0.25) is 0 Å². The zero-order chi connectivity index (χ0) is 18.4. The Kier molecular flexibility index (Phi) is 5.63. The summed E-state index contributed by atoms with van der Waals surface area (Å²) in [6.07, 6.45) is 6.34. The van der Waals surface area contributed by atoms with Crippen LogP contribution in [-0.2, 0) is 19.4 Å². The van der Waals surface area contributed by atoms with Gasteiger partial charge in [0.2, 0.25) is 0 Å². The van der Waals surface area contributed by atoms with E-state index in [4.69, 9.17) is 4.42 Å². The van der Waals surface area contributed by atoms with Crippen molar-refractivity contribution in [1.82, 2.24) is 9.97 Å². The van der Waals surface area contributed by atoms with Crippen LogP contribution in [0.1, 0.15) is 41.2 Å². The second-order valence-corrected chi connectivity index (χ2v) is 5.83. The van der Waals surface area contributed by atoms with Crippen LogP contribution in [0.5, 0.6) is 0 Å². The largest absolute Gasteiger partial charge is 0.467 e. The second-order valence-electron chi connectivity index (χ2n) is 5.83. The molecule has 0 atom stereocenters. The van der Waals surface area contributed by atoms with Crippen LogP contribution in [0.25, 0.3) is 0 Å². The van der Waals surface area contributed by atoms with E-state index < -0.39 is 0 Å². The summed E-state index contributed by atoms with van der Waals surface area (Å²) in [5.74, 6) is 1.13. The van der Waals surface area contributed by atoms with E-state index in [0.29, 0.717) is 12.4 Å². The predicted molar refractivity (Wildman–Crippen MR) is 101 cm³/mol. The van der Waals surface area contributed by atoms with Crippen molar-refractivity contribution >= 4 is 17.4 Å². The zero-order valence-electron chi connectivity index (χ0n) is 15.0. The highest BCUT2D eigenvalue weighted by Crippen LogP contribution is 2.23. The molecule has 2 heterocycles. The molecule has 0 radical (unpaired) electrons. The molecule has 3 aromatic rings. The van der Waals surface area contributed by atoms with E-state index >= 15 is 0 Å². The van der Waals surface area contributed by atoms with Crippen molar-refractivity contribution in [2.75, 3.05) is 10.6 Å². The Hall–Kier alpha value is -3.15. The van der Waals surface area contributed by atoms with Gasteiger partial charge in [-0.2, -0.15) is 0 Å². The first kappa shape index (κ1) is 17.7. The summed E-state index contributed by atoms with van der Waals surface area (Å²) >= 11 is 0. The van der Waals surface area contributed by atoms with Gasteiger partial charge in [-0.3, -0.25) is 4.79 Å². The maximum absolute atomic E-state index is 12.6. The molecule has 134 valence electrons. The fraction of sp³-hybridized carbons (Fsp3) is 0.250. The van der Waals surface area contributed by atoms with E-state index in [1.54, 1.807) is 12.5 Å². The smallest absolute Gasteiger partial charge is 0.275 e. The summed E-state index contributed by atoms with van der Waals surface area (Å²) in [5.41, 5.74) is 3.38. The summed E-state index contributed by atoms with van der Waals surface area (Å²) < 4.78 is 5.25. The van der Waals surface area contributed by atoms with E-state index in [9.17, 15) is 4.79 Å². The number of benzene rings is 1. The van der Waals surface area contributed by atoms with Gasteiger partial charge in [-0.25, -0.2) is 9.97 Å². The van der Waals surface area contributed by atoms with Gasteiger partial charge in [0.1, 0.15) is 17.3 Å². The van der Waals surface area contributed by atoms with Gasteiger partial charge in [0.25, 0.3) is 5.91 Å². The summed E-state index contributed by atoms with van der Waals surface area (Å²) in [6.45, 7) is 4.66. The summed E-state index contributed by atoms with van der Waals surface area (Å²) in [7, 11) is 0. The average Bonchev–Trinajstić information content (AvgIpc) is 3.20. The SMILES string of the molecule is CCc1cccc(CC)c1NC(=O)c1cnc(NCc2ccco2)cn1. The lowest BCUT2D eigenvalue weighted by atomic mass is 10.0. The molecule has 0 saturated heterocycles. The number of hydrogen-bond acceptors (Lipinski definition) is 5. The van der Waals surface area contributed by atoms with Crippen LogP contribution in [0.15, 0.2) is 53.4 Å². The zero-order valence-corrected chi connectivity index (χ0v) is 15.0. The minimum absolute atomic E-state index is 0.259. The maximum atomic E-state index is 12.6. The summed E-state index contributed by atoms with van der Waals surface area (Å²) in [4.78, 5) is 21.0. The summed E-state index contributed by atoms with van der Waals surface area (Å²) in [6, 6.07) is 9.78. The minimum Gasteiger partial charge on any atom is -0.467 e. The van der Waals surface area contributed by atoms with Gasteiger partial charge in [-0.15, -0.1) is 0 Å². The number of carbonyl (C=O) groups is 1. The first-order valence-corrected chi connectivity index (χ1v) is 8.71. The highest BCUT2D eigenvalue weighted by molar-refractivity contribution is 6.03. The Bertz CT molecular complexity index is 836. The minimum atomic E-state index is -0.259. The number of aryl methyl sites for hydroxylation is 2. The number of nitrogens with one attached hydrogen (secondary N) is 2. The van der Waals surface area contributed by atoms with E-state index in [1.807, 2.05) is 30.3 Å². The molecule has 0 fully saturated rings. The molecular weight excluding hydrogens is 328 g/mol. The molecule has 3 rings (SSSR count). The van der Waals surface area contributed by atoms with Crippen molar-refractivity contribution < 1.29 is 9.21 Å². The van der Waals surface area contributed by atoms with Gasteiger partial charge in [0.05, 0.1) is 25.2 Å². The molecule has 6 heteroatoms. The number of rotatable bonds is 7. The molecule has 1 aromatic carbocycles. The monoisotopic (exact) mass is 350 g/mol. The lowest BCUT2D eigenvalue weighted by molar-refractivity contribution is 0.102. The number of anilines is 2. The number of amides is 1. The molecule has 0 aliphatic rings. The third-order valence-electron chi connectivity index (χ3n) is 4.15. The van der Waals surface area contributed by atoms with Crippen molar-refractivity contribution in [2.45, 2.75) is 33.2 Å². The van der Waals surface area contributed by atoms with E-state index in [1.165, 1.54) is 6.20 Å². The van der Waals surface area contributed by atoms with Crippen molar-refractivity contribution in [2.24, 2.45) is 0 Å². The third-order valence-corrected chi connectivity index (χ3v) is 4.15. The van der Waals surface area contributed by atoms with Crippen LogP contribution in [-0.4, -0.2) is 15.9 Å². The normalized spacial score (nSPS) is 10.5. The molecule has 6 nitrogen and oxygen atoms in total. The first-order chi connectivity index (χ1) is 12.7. The molecule has 0 bridgehead atoms. The van der Waals surface area contributed by atoms with Crippen molar-refractivity contribution in [3.05, 3.63) is 71.6 Å². The molecule has 0 saturated carbocycles. The van der Waals surface area contributed by atoms with Crippen LogP contribution < -0.4 is 10.6 Å². The van der Waals surface area contributed by atoms with E-state index in [-0.39, 0.29) is 11.6 Å². The Balaban J connectivity index is 1.69. The number of hydrogen-bond donors (Lipinski definition) is 2. The van der Waals surface area contributed by atoms with Gasteiger partial charge < -0.3 is 15.1 Å². The fourth-order valence-corrected chi connectivity index (χ4v) is 2.71. The van der Waals surface area contributed by atoms with Crippen LogP contribution in [0.3, 0.4) is 0 Å². The Morgan fingerprint density at radius 1 is 1.04 bits per heavy atom. The van der Waals surface area contributed by atoms with Crippen LogP contribution >= 0.6 is 0 Å². The first-order valence-electron chi connectivity index (χ1n) is 8.71. The maximum Gasteiger partial charge on any atom is 0.275 e. The van der Waals surface area contributed by atoms with Gasteiger partial charge in [0, 0.05) is 5.69 Å². The molecule has 26 heavy (non-hydrogen) atoms. The van der Waals surface area contributed by atoms with Gasteiger partial charge in [0.15, 0.2) is 0 Å². The Morgan fingerprint density at radius 3 is 2.38 bits per heavy atom. The van der Waals surface area contributed by atoms with Gasteiger partial charge >= 0.3 is 0 Å². The molecule has 2 aromatic heterocycles. The number of carbonyl (C=O) groups excluding carboxylic acids is 1. The second kappa shape index (κ2) is 8.29. The Morgan fingerprint density at radius 2 is 1.81 bits per heavy atom. The number of furan rings is 1. The quantitative estimate of drug-likeness (QED) is 0.672. The van der Waals surface area contributed by atoms with Crippen molar-refractivity contribution in [1.29, 1.82) is 0 Å². The number of nitrogens with zero attached hydrogens (tertiary/aromatic N) is 2. The third kappa shape index (κ3) is 4.08. The number of aromatic nitrogens is 2. The van der Waals surface area contributed by atoms with Crippen molar-refractivity contribution in [3.8, 4) is 0 Å². The summed E-state index contributed by atoms with van der Waals surface area (Å²) in [5, 5.41) is 6.09. The van der Waals surface area contributed by atoms with Crippen molar-refractivity contribution in [3.63, 3.8) is 0 Å². The molecule has 0 aliphatic carbocycles. The molecule has 0 spiro atoms. The molecule has 0 unspecified atom stereocenters. The molecular formula is C20H22N4O2. The lowest BCUT2D eigenvalue weighted by Gasteiger charge is -2.14. The van der Waals surface area contributed by atoms with E-state index in [0.717, 1.165) is 35.4 Å².